The monoisotopic (exact) mass is 258 g/mol. The van der Waals surface area contributed by atoms with Crippen LogP contribution in [-0.4, -0.2) is 35.0 Å². The van der Waals surface area contributed by atoms with Crippen LogP contribution in [0.4, 0.5) is 0 Å². The molecule has 0 N–H and O–H groups in total. The fourth-order valence-corrected chi connectivity index (χ4v) is 2.57. The molecule has 1 aromatic heterocycles. The van der Waals surface area contributed by atoms with Crippen LogP contribution in [-0.2, 0) is 16.5 Å². The van der Waals surface area contributed by atoms with E-state index in [2.05, 4.69) is 11.2 Å². The molecule has 0 amide bonds. The smallest absolute Gasteiger partial charge is 0.158 e. The van der Waals surface area contributed by atoms with E-state index in [1.165, 1.54) is 5.03 Å². The molecule has 5 heteroatoms. The van der Waals surface area contributed by atoms with Gasteiger partial charge in [-0.1, -0.05) is 0 Å². The highest BCUT2D eigenvalue weighted by Crippen LogP contribution is 2.20. The summed E-state index contributed by atoms with van der Waals surface area (Å²) in [5.74, 6) is 0.976. The summed E-state index contributed by atoms with van der Waals surface area (Å²) in [4.78, 5) is 0. The molecular formula is C12H22N2O2S. The topological polar surface area (TPSA) is 36.3 Å². The van der Waals surface area contributed by atoms with Gasteiger partial charge in [0.25, 0.3) is 0 Å². The van der Waals surface area contributed by atoms with E-state index in [-0.39, 0.29) is 6.29 Å². The maximum atomic E-state index is 5.50. The Morgan fingerprint density at radius 2 is 2.00 bits per heavy atom. The van der Waals surface area contributed by atoms with Gasteiger partial charge in [-0.05, 0) is 26.8 Å². The Bertz CT molecular complexity index is 322. The number of hydrogen-bond acceptors (Lipinski definition) is 4. The minimum Gasteiger partial charge on any atom is -0.353 e. The van der Waals surface area contributed by atoms with Gasteiger partial charge in [-0.25, -0.2) is 0 Å². The standard InChI is InChI=1S/C12H22N2O2S/c1-5-15-12(16-6-2)7-8-17-11-9-10(3)13-14(11)4/h9,12H,5-8H2,1-4H3. The molecule has 98 valence electrons. The molecule has 4 nitrogen and oxygen atoms in total. The van der Waals surface area contributed by atoms with Crippen molar-refractivity contribution in [2.75, 3.05) is 19.0 Å². The Balaban J connectivity index is 2.32. The average molecular weight is 258 g/mol. The average Bonchev–Trinajstić information content (AvgIpc) is 2.58. The lowest BCUT2D eigenvalue weighted by molar-refractivity contribution is -0.136. The van der Waals surface area contributed by atoms with Gasteiger partial charge in [0.1, 0.15) is 0 Å². The second kappa shape index (κ2) is 7.74. The number of rotatable bonds is 8. The summed E-state index contributed by atoms with van der Waals surface area (Å²) in [6.45, 7) is 7.38. The number of aryl methyl sites for hydroxylation is 2. The zero-order chi connectivity index (χ0) is 12.7. The molecule has 0 fully saturated rings. The highest BCUT2D eigenvalue weighted by Gasteiger charge is 2.09. The molecule has 0 saturated carbocycles. The molecule has 0 saturated heterocycles. The van der Waals surface area contributed by atoms with Crippen molar-refractivity contribution in [2.24, 2.45) is 7.05 Å². The van der Waals surface area contributed by atoms with Gasteiger partial charge in [-0.3, -0.25) is 4.68 Å². The van der Waals surface area contributed by atoms with Crippen molar-refractivity contribution in [3.05, 3.63) is 11.8 Å². The van der Waals surface area contributed by atoms with Gasteiger partial charge < -0.3 is 9.47 Å². The van der Waals surface area contributed by atoms with Crippen LogP contribution in [0, 0.1) is 6.92 Å². The van der Waals surface area contributed by atoms with E-state index in [1.54, 1.807) is 11.8 Å². The first-order valence-electron chi connectivity index (χ1n) is 6.04. The molecule has 0 aliphatic heterocycles. The molecule has 1 rings (SSSR count). The van der Waals surface area contributed by atoms with E-state index in [0.717, 1.165) is 17.9 Å². The zero-order valence-corrected chi connectivity index (χ0v) is 11.9. The lowest BCUT2D eigenvalue weighted by atomic mass is 10.5. The summed E-state index contributed by atoms with van der Waals surface area (Å²) in [6, 6.07) is 2.10. The molecule has 17 heavy (non-hydrogen) atoms. The lowest BCUT2D eigenvalue weighted by Crippen LogP contribution is -2.18. The largest absolute Gasteiger partial charge is 0.353 e. The van der Waals surface area contributed by atoms with Crippen LogP contribution in [0.1, 0.15) is 26.0 Å². The van der Waals surface area contributed by atoms with E-state index in [4.69, 9.17) is 9.47 Å². The SMILES string of the molecule is CCOC(CCSc1cc(C)nn1C)OCC. The highest BCUT2D eigenvalue weighted by molar-refractivity contribution is 7.99. The first kappa shape index (κ1) is 14.5. The van der Waals surface area contributed by atoms with Crippen molar-refractivity contribution in [1.29, 1.82) is 0 Å². The van der Waals surface area contributed by atoms with E-state index in [1.807, 2.05) is 32.5 Å². The molecule has 1 heterocycles. The Kier molecular flexibility index (Phi) is 6.62. The summed E-state index contributed by atoms with van der Waals surface area (Å²) in [5.41, 5.74) is 1.06. The predicted octanol–water partition coefficient (Wildman–Crippen LogP) is 2.61. The van der Waals surface area contributed by atoms with E-state index >= 15 is 0 Å². The van der Waals surface area contributed by atoms with Crippen molar-refractivity contribution in [3.63, 3.8) is 0 Å². The molecule has 0 aliphatic rings. The fourth-order valence-electron chi connectivity index (χ4n) is 1.57. The van der Waals surface area contributed by atoms with E-state index in [0.29, 0.717) is 13.2 Å². The Hall–Kier alpha value is -0.520. The third-order valence-electron chi connectivity index (χ3n) is 2.27. The first-order valence-corrected chi connectivity index (χ1v) is 7.02. The van der Waals surface area contributed by atoms with Gasteiger partial charge in [0.2, 0.25) is 0 Å². The number of thioether (sulfide) groups is 1. The Morgan fingerprint density at radius 3 is 2.47 bits per heavy atom. The van der Waals surface area contributed by atoms with Crippen LogP contribution in [0.25, 0.3) is 0 Å². The van der Waals surface area contributed by atoms with Crippen molar-refractivity contribution in [2.45, 2.75) is 38.5 Å². The molecule has 0 radical (unpaired) electrons. The van der Waals surface area contributed by atoms with Gasteiger partial charge in [-0.2, -0.15) is 5.10 Å². The van der Waals surface area contributed by atoms with E-state index in [9.17, 15) is 0 Å². The second-order valence-corrected chi connectivity index (χ2v) is 4.84. The fraction of sp³-hybridized carbons (Fsp3) is 0.750. The van der Waals surface area contributed by atoms with E-state index < -0.39 is 0 Å². The summed E-state index contributed by atoms with van der Waals surface area (Å²) in [6.07, 6.45) is 0.822. The number of ether oxygens (including phenoxy) is 2. The van der Waals surface area contributed by atoms with Crippen LogP contribution in [0.2, 0.25) is 0 Å². The minimum absolute atomic E-state index is 0.0770. The quantitative estimate of drug-likeness (QED) is 0.530. The second-order valence-electron chi connectivity index (χ2n) is 3.72. The maximum absolute atomic E-state index is 5.50. The molecule has 0 aliphatic carbocycles. The van der Waals surface area contributed by atoms with Gasteiger partial charge in [-0.15, -0.1) is 11.8 Å². The molecule has 0 bridgehead atoms. The van der Waals surface area contributed by atoms with Gasteiger partial charge >= 0.3 is 0 Å². The summed E-state index contributed by atoms with van der Waals surface area (Å²) < 4.78 is 12.9. The van der Waals surface area contributed by atoms with Crippen LogP contribution in [0.3, 0.4) is 0 Å². The third kappa shape index (κ3) is 5.10. The van der Waals surface area contributed by atoms with Crippen LogP contribution in [0.15, 0.2) is 11.1 Å². The lowest BCUT2D eigenvalue weighted by Gasteiger charge is -2.16. The normalized spacial score (nSPS) is 11.4. The maximum Gasteiger partial charge on any atom is 0.158 e. The molecule has 0 spiro atoms. The van der Waals surface area contributed by atoms with Gasteiger partial charge in [0, 0.05) is 32.4 Å². The zero-order valence-electron chi connectivity index (χ0n) is 11.1. The highest BCUT2D eigenvalue weighted by atomic mass is 32.2. The minimum atomic E-state index is -0.0770. The first-order chi connectivity index (χ1) is 8.17. The molecule has 1 aromatic rings. The van der Waals surface area contributed by atoms with Crippen molar-refractivity contribution in [1.82, 2.24) is 9.78 Å². The summed E-state index contributed by atoms with van der Waals surface area (Å²) >= 11 is 1.79. The molecule has 0 aromatic carbocycles. The van der Waals surface area contributed by atoms with Gasteiger partial charge in [0.05, 0.1) is 10.7 Å². The van der Waals surface area contributed by atoms with Crippen molar-refractivity contribution < 1.29 is 9.47 Å². The summed E-state index contributed by atoms with van der Waals surface area (Å²) in [7, 11) is 1.97. The molecule has 0 atom stereocenters. The van der Waals surface area contributed by atoms with Crippen LogP contribution >= 0.6 is 11.8 Å². The third-order valence-corrected chi connectivity index (χ3v) is 3.39. The number of hydrogen-bond donors (Lipinski definition) is 0. The van der Waals surface area contributed by atoms with Gasteiger partial charge in [0.15, 0.2) is 6.29 Å². The number of nitrogens with zero attached hydrogens (tertiary/aromatic N) is 2. The summed E-state index contributed by atoms with van der Waals surface area (Å²) in [5, 5.41) is 5.50. The molecular weight excluding hydrogens is 236 g/mol. The predicted molar refractivity (Wildman–Crippen MR) is 70.3 cm³/mol. The van der Waals surface area contributed by atoms with Crippen LogP contribution < -0.4 is 0 Å². The number of aromatic nitrogens is 2. The molecule has 0 unspecified atom stereocenters. The Labute approximate surface area is 108 Å². The Morgan fingerprint density at radius 1 is 1.35 bits per heavy atom. The van der Waals surface area contributed by atoms with Crippen LogP contribution in [0.5, 0.6) is 0 Å². The van der Waals surface area contributed by atoms with Crippen molar-refractivity contribution in [3.8, 4) is 0 Å². The van der Waals surface area contributed by atoms with Crippen molar-refractivity contribution >= 4 is 11.8 Å².